The number of hydrogen-bond acceptors (Lipinski definition) is 7. The zero-order chi connectivity index (χ0) is 24.2. The van der Waals surface area contributed by atoms with Crippen LogP contribution in [0.4, 0.5) is 0 Å². The topological polar surface area (TPSA) is 138 Å². The normalized spacial score (nSPS) is 41.9. The van der Waals surface area contributed by atoms with Crippen molar-refractivity contribution in [3.8, 4) is 0 Å². The smallest absolute Gasteiger partial charge is 0.306 e. The standard InChI is InChI=1S/C25H34O8/c1-23-9-7-15(26)11-14(23)3-4-16-17-8-10-25(32,24(17,2)12-18(27)22(16)23)19(28)13-33-21(31)6-5-20(29)30/h11,16-18,22,27,32H,3-10,12-13H2,1-2H3,(H,29,30)/t16-,17-,18-,22+,23-,24-,25-/m1/s1. The van der Waals surface area contributed by atoms with Crippen LogP contribution in [0.2, 0.25) is 0 Å². The van der Waals surface area contributed by atoms with Crippen LogP contribution in [0.3, 0.4) is 0 Å². The largest absolute Gasteiger partial charge is 0.481 e. The molecule has 7 atom stereocenters. The Bertz CT molecular complexity index is 908. The van der Waals surface area contributed by atoms with Crippen molar-refractivity contribution in [2.24, 2.45) is 28.6 Å². The van der Waals surface area contributed by atoms with Gasteiger partial charge >= 0.3 is 11.9 Å². The number of allylic oxidation sites excluding steroid dienone is 1. The van der Waals surface area contributed by atoms with Crippen molar-refractivity contribution >= 4 is 23.5 Å². The van der Waals surface area contributed by atoms with Gasteiger partial charge in [0, 0.05) is 11.8 Å². The lowest BCUT2D eigenvalue weighted by Gasteiger charge is -2.60. The molecule has 0 aromatic heterocycles. The van der Waals surface area contributed by atoms with Crippen molar-refractivity contribution in [2.45, 2.75) is 83.3 Å². The lowest BCUT2D eigenvalue weighted by atomic mass is 9.45. The van der Waals surface area contributed by atoms with Crippen molar-refractivity contribution < 1.29 is 39.2 Å². The number of ketones is 2. The first-order valence-electron chi connectivity index (χ1n) is 12.0. The van der Waals surface area contributed by atoms with Crippen molar-refractivity contribution in [3.63, 3.8) is 0 Å². The Morgan fingerprint density at radius 2 is 1.85 bits per heavy atom. The minimum Gasteiger partial charge on any atom is -0.481 e. The van der Waals surface area contributed by atoms with E-state index >= 15 is 0 Å². The lowest BCUT2D eigenvalue weighted by Crippen LogP contribution is -2.62. The summed E-state index contributed by atoms with van der Waals surface area (Å²) in [5.74, 6) is -2.20. The van der Waals surface area contributed by atoms with Crippen LogP contribution in [0.25, 0.3) is 0 Å². The average Bonchev–Trinajstić information content (AvgIpc) is 3.02. The van der Waals surface area contributed by atoms with Gasteiger partial charge in [0.25, 0.3) is 0 Å². The van der Waals surface area contributed by atoms with Gasteiger partial charge in [-0.2, -0.15) is 0 Å². The van der Waals surface area contributed by atoms with Crippen molar-refractivity contribution in [2.75, 3.05) is 6.61 Å². The molecule has 0 aromatic rings. The fraction of sp³-hybridized carbons (Fsp3) is 0.760. The summed E-state index contributed by atoms with van der Waals surface area (Å²) in [6, 6.07) is 0. The molecule has 3 N–H and O–H groups in total. The predicted molar refractivity (Wildman–Crippen MR) is 116 cm³/mol. The van der Waals surface area contributed by atoms with Crippen LogP contribution in [0.5, 0.6) is 0 Å². The number of esters is 1. The number of Topliss-reactive ketones (excluding diaryl/α,β-unsaturated/α-hetero) is 1. The number of hydrogen-bond donors (Lipinski definition) is 3. The second-order valence-corrected chi connectivity index (χ2v) is 11.0. The van der Waals surface area contributed by atoms with Crippen LogP contribution in [0, 0.1) is 28.6 Å². The third-order valence-corrected chi connectivity index (χ3v) is 9.42. The highest BCUT2D eigenvalue weighted by Crippen LogP contribution is 2.67. The lowest BCUT2D eigenvalue weighted by molar-refractivity contribution is -0.184. The van der Waals surface area contributed by atoms with Gasteiger partial charge in [0.05, 0.1) is 18.9 Å². The predicted octanol–water partition coefficient (Wildman–Crippen LogP) is 2.20. The third-order valence-electron chi connectivity index (χ3n) is 9.42. The van der Waals surface area contributed by atoms with E-state index in [4.69, 9.17) is 9.84 Å². The average molecular weight is 463 g/mol. The minimum absolute atomic E-state index is 0.0185. The summed E-state index contributed by atoms with van der Waals surface area (Å²) in [4.78, 5) is 47.5. The van der Waals surface area contributed by atoms with E-state index in [1.54, 1.807) is 6.08 Å². The van der Waals surface area contributed by atoms with Gasteiger partial charge in [0.15, 0.2) is 12.4 Å². The highest BCUT2D eigenvalue weighted by molar-refractivity contribution is 5.92. The number of aliphatic carboxylic acids is 1. The second-order valence-electron chi connectivity index (χ2n) is 11.0. The van der Waals surface area contributed by atoms with Gasteiger partial charge in [-0.3, -0.25) is 19.2 Å². The van der Waals surface area contributed by atoms with Crippen molar-refractivity contribution in [1.82, 2.24) is 0 Å². The van der Waals surface area contributed by atoms with Crippen LogP contribution in [-0.4, -0.2) is 57.1 Å². The molecule has 4 rings (SSSR count). The van der Waals surface area contributed by atoms with E-state index in [2.05, 4.69) is 6.92 Å². The maximum Gasteiger partial charge on any atom is 0.306 e. The minimum atomic E-state index is -1.71. The molecule has 182 valence electrons. The highest BCUT2D eigenvalue weighted by atomic mass is 16.5. The van der Waals surface area contributed by atoms with Crippen LogP contribution >= 0.6 is 0 Å². The molecular weight excluding hydrogens is 428 g/mol. The van der Waals surface area contributed by atoms with E-state index in [0.717, 1.165) is 24.8 Å². The Hall–Kier alpha value is -2.06. The fourth-order valence-electron chi connectivity index (χ4n) is 7.70. The molecule has 0 aromatic carbocycles. The van der Waals surface area contributed by atoms with Gasteiger partial charge in [-0.15, -0.1) is 0 Å². The van der Waals surface area contributed by atoms with E-state index in [1.807, 2.05) is 6.92 Å². The first kappa shape index (κ1) is 24.1. The van der Waals surface area contributed by atoms with Gasteiger partial charge in [-0.1, -0.05) is 19.4 Å². The number of rotatable bonds is 6. The molecule has 0 heterocycles. The van der Waals surface area contributed by atoms with Gasteiger partial charge in [0.1, 0.15) is 5.60 Å². The third kappa shape index (κ3) is 3.75. The molecule has 0 spiro atoms. The van der Waals surface area contributed by atoms with Gasteiger partial charge in [0.2, 0.25) is 5.78 Å². The van der Waals surface area contributed by atoms with Crippen LogP contribution in [-0.2, 0) is 23.9 Å². The van der Waals surface area contributed by atoms with Crippen LogP contribution in [0.1, 0.15) is 71.6 Å². The van der Waals surface area contributed by atoms with Crippen molar-refractivity contribution in [1.29, 1.82) is 0 Å². The van der Waals surface area contributed by atoms with E-state index in [-0.39, 0.29) is 54.6 Å². The summed E-state index contributed by atoms with van der Waals surface area (Å²) in [6.45, 7) is 3.41. The van der Waals surface area contributed by atoms with E-state index in [0.29, 0.717) is 12.8 Å². The van der Waals surface area contributed by atoms with E-state index in [1.165, 1.54) is 0 Å². The van der Waals surface area contributed by atoms with Gasteiger partial charge < -0.3 is 20.1 Å². The maximum absolute atomic E-state index is 13.1. The molecule has 0 unspecified atom stereocenters. The molecule has 33 heavy (non-hydrogen) atoms. The summed E-state index contributed by atoms with van der Waals surface area (Å²) in [7, 11) is 0. The Labute approximate surface area is 193 Å². The Balaban J connectivity index is 1.53. The number of carboxylic acids is 1. The number of carbonyl (C=O) groups is 4. The number of carbonyl (C=O) groups excluding carboxylic acids is 3. The molecule has 0 aliphatic heterocycles. The number of aliphatic hydroxyl groups excluding tert-OH is 1. The van der Waals surface area contributed by atoms with Crippen LogP contribution in [0.15, 0.2) is 11.6 Å². The highest BCUT2D eigenvalue weighted by Gasteiger charge is 2.68. The summed E-state index contributed by atoms with van der Waals surface area (Å²) in [5.41, 5.74) is -1.68. The van der Waals surface area contributed by atoms with Gasteiger partial charge in [-0.25, -0.2) is 0 Å². The second kappa shape index (κ2) is 8.31. The number of aliphatic hydroxyl groups is 2. The summed E-state index contributed by atoms with van der Waals surface area (Å²) in [6.07, 6.45) is 4.30. The Morgan fingerprint density at radius 1 is 1.12 bits per heavy atom. The first-order chi connectivity index (χ1) is 15.4. The molecule has 4 aliphatic carbocycles. The monoisotopic (exact) mass is 462 g/mol. The number of ether oxygens (including phenoxy) is 1. The summed E-state index contributed by atoms with van der Waals surface area (Å²) < 4.78 is 4.97. The van der Waals surface area contributed by atoms with E-state index < -0.39 is 41.4 Å². The maximum atomic E-state index is 13.1. The Morgan fingerprint density at radius 3 is 2.55 bits per heavy atom. The first-order valence-corrected chi connectivity index (χ1v) is 12.0. The zero-order valence-electron chi connectivity index (χ0n) is 19.3. The molecule has 8 nitrogen and oxygen atoms in total. The molecule has 0 saturated heterocycles. The number of fused-ring (bicyclic) bond motifs is 5. The van der Waals surface area contributed by atoms with E-state index in [9.17, 15) is 29.4 Å². The SMILES string of the molecule is C[C@@]12CCC(=O)C=C1CC[C@H]1[C@H]2[C@H](O)C[C@]2(C)[C@@H]1CC[C@@]2(O)C(=O)COC(=O)CCC(=O)O. The number of carboxylic acid groups (broad SMARTS) is 1. The molecule has 3 saturated carbocycles. The zero-order valence-corrected chi connectivity index (χ0v) is 19.3. The molecule has 4 aliphatic rings. The molecule has 0 bridgehead atoms. The quantitative estimate of drug-likeness (QED) is 0.511. The molecule has 0 radical (unpaired) electrons. The molecular formula is C25H34O8. The van der Waals surface area contributed by atoms with Crippen molar-refractivity contribution in [3.05, 3.63) is 11.6 Å². The molecule has 0 amide bonds. The van der Waals surface area contributed by atoms with Crippen LogP contribution < -0.4 is 0 Å². The molecule has 8 heteroatoms. The fourth-order valence-corrected chi connectivity index (χ4v) is 7.70. The Kier molecular flexibility index (Phi) is 6.06. The van der Waals surface area contributed by atoms with Gasteiger partial charge in [-0.05, 0) is 67.8 Å². The summed E-state index contributed by atoms with van der Waals surface area (Å²) >= 11 is 0. The summed E-state index contributed by atoms with van der Waals surface area (Å²) in [5, 5.41) is 31.6. The molecule has 3 fully saturated rings.